The average molecular weight is 342 g/mol. The van der Waals surface area contributed by atoms with Crippen LogP contribution in [0.3, 0.4) is 0 Å². The standard InChI is InChI=1S/C15H16F2N2O3S/c16-15(17)23(21,22)13-7-3-11(4-8-13)14(20)19-12-5-1-10(9-18)2-6-12/h3-4,7-8,10,12,15H,1-2,5-6H2,(H,19,20). The van der Waals surface area contributed by atoms with Gasteiger partial charge in [-0.15, -0.1) is 0 Å². The molecule has 0 bridgehead atoms. The Labute approximate surface area is 133 Å². The molecule has 0 spiro atoms. The number of nitrogens with zero attached hydrogens (tertiary/aromatic N) is 1. The number of halogens is 2. The normalized spacial score (nSPS) is 21.7. The number of hydrogen-bond acceptors (Lipinski definition) is 4. The van der Waals surface area contributed by atoms with Crippen molar-refractivity contribution in [2.24, 2.45) is 5.92 Å². The number of rotatable bonds is 4. The summed E-state index contributed by atoms with van der Waals surface area (Å²) in [4.78, 5) is 11.6. The number of sulfone groups is 1. The molecule has 1 N–H and O–H groups in total. The second-order valence-electron chi connectivity index (χ2n) is 5.48. The van der Waals surface area contributed by atoms with Crippen LogP contribution in [0.25, 0.3) is 0 Å². The Kier molecular flexibility index (Phi) is 5.31. The Balaban J connectivity index is 2.00. The fourth-order valence-corrected chi connectivity index (χ4v) is 3.26. The van der Waals surface area contributed by atoms with Crippen LogP contribution < -0.4 is 5.32 Å². The highest BCUT2D eigenvalue weighted by Crippen LogP contribution is 2.24. The van der Waals surface area contributed by atoms with E-state index >= 15 is 0 Å². The van der Waals surface area contributed by atoms with Gasteiger partial charge in [-0.2, -0.15) is 14.0 Å². The maximum absolute atomic E-state index is 12.4. The summed E-state index contributed by atoms with van der Waals surface area (Å²) >= 11 is 0. The van der Waals surface area contributed by atoms with Gasteiger partial charge in [-0.1, -0.05) is 0 Å². The first-order chi connectivity index (χ1) is 10.8. The number of alkyl halides is 2. The molecule has 0 aliphatic heterocycles. The van der Waals surface area contributed by atoms with Crippen molar-refractivity contribution in [3.05, 3.63) is 29.8 Å². The summed E-state index contributed by atoms with van der Waals surface area (Å²) in [5, 5.41) is 11.6. The third kappa shape index (κ3) is 4.05. The van der Waals surface area contributed by atoms with Gasteiger partial charge in [-0.3, -0.25) is 4.79 Å². The summed E-state index contributed by atoms with van der Waals surface area (Å²) in [5.74, 6) is -3.84. The first-order valence-corrected chi connectivity index (χ1v) is 8.72. The van der Waals surface area contributed by atoms with Gasteiger partial charge in [0.05, 0.1) is 11.0 Å². The monoisotopic (exact) mass is 342 g/mol. The van der Waals surface area contributed by atoms with E-state index in [2.05, 4.69) is 11.4 Å². The second-order valence-corrected chi connectivity index (χ2v) is 7.40. The topological polar surface area (TPSA) is 87.0 Å². The molecular formula is C15H16F2N2O3S. The third-order valence-electron chi connectivity index (χ3n) is 3.92. The Bertz CT molecular complexity index is 703. The van der Waals surface area contributed by atoms with Crippen LogP contribution >= 0.6 is 0 Å². The first-order valence-electron chi connectivity index (χ1n) is 7.17. The molecular weight excluding hydrogens is 326 g/mol. The molecule has 0 heterocycles. The Morgan fingerprint density at radius 3 is 2.22 bits per heavy atom. The van der Waals surface area contributed by atoms with Crippen molar-refractivity contribution in [1.29, 1.82) is 5.26 Å². The van der Waals surface area contributed by atoms with E-state index < -0.39 is 20.5 Å². The lowest BCUT2D eigenvalue weighted by molar-refractivity contribution is 0.0925. The molecule has 23 heavy (non-hydrogen) atoms. The predicted octanol–water partition coefficient (Wildman–Crippen LogP) is 2.50. The van der Waals surface area contributed by atoms with E-state index in [0.29, 0.717) is 12.8 Å². The van der Waals surface area contributed by atoms with Gasteiger partial charge in [0.2, 0.25) is 9.84 Å². The molecule has 1 fully saturated rings. The average Bonchev–Trinajstić information content (AvgIpc) is 2.55. The minimum absolute atomic E-state index is 0.0296. The van der Waals surface area contributed by atoms with E-state index in [1.54, 1.807) is 0 Å². The van der Waals surface area contributed by atoms with Gasteiger partial charge in [-0.25, -0.2) is 8.42 Å². The number of hydrogen-bond donors (Lipinski definition) is 1. The number of carbonyl (C=O) groups excluding carboxylic acids is 1. The van der Waals surface area contributed by atoms with Crippen molar-refractivity contribution in [3.63, 3.8) is 0 Å². The summed E-state index contributed by atoms with van der Waals surface area (Å²) in [5.41, 5.74) is 0.209. The van der Waals surface area contributed by atoms with Crippen LogP contribution in [0, 0.1) is 17.2 Å². The zero-order chi connectivity index (χ0) is 17.0. The van der Waals surface area contributed by atoms with Crippen LogP contribution in [0.15, 0.2) is 29.2 Å². The van der Waals surface area contributed by atoms with Gasteiger partial charge >= 0.3 is 5.76 Å². The molecule has 1 amide bonds. The van der Waals surface area contributed by atoms with E-state index in [9.17, 15) is 22.0 Å². The maximum atomic E-state index is 12.4. The van der Waals surface area contributed by atoms with E-state index in [0.717, 1.165) is 25.0 Å². The Hall–Kier alpha value is -2.01. The van der Waals surface area contributed by atoms with Crippen molar-refractivity contribution < 1.29 is 22.0 Å². The molecule has 0 saturated heterocycles. The van der Waals surface area contributed by atoms with Gasteiger partial charge < -0.3 is 5.32 Å². The van der Waals surface area contributed by atoms with Crippen LogP contribution in [-0.2, 0) is 9.84 Å². The summed E-state index contributed by atoms with van der Waals surface area (Å²) < 4.78 is 47.5. The smallest absolute Gasteiger partial charge is 0.341 e. The van der Waals surface area contributed by atoms with Crippen LogP contribution in [0.1, 0.15) is 36.0 Å². The van der Waals surface area contributed by atoms with Crippen molar-refractivity contribution in [2.45, 2.75) is 42.4 Å². The van der Waals surface area contributed by atoms with Crippen molar-refractivity contribution >= 4 is 15.7 Å². The molecule has 1 saturated carbocycles. The minimum atomic E-state index is -4.65. The third-order valence-corrected chi connectivity index (χ3v) is 5.32. The molecule has 0 atom stereocenters. The summed E-state index contributed by atoms with van der Waals surface area (Å²) in [7, 11) is -4.65. The van der Waals surface area contributed by atoms with Gasteiger partial charge in [0.1, 0.15) is 0 Å². The lowest BCUT2D eigenvalue weighted by Gasteiger charge is -2.25. The van der Waals surface area contributed by atoms with Gasteiger partial charge in [0.25, 0.3) is 5.91 Å². The quantitative estimate of drug-likeness (QED) is 0.911. The van der Waals surface area contributed by atoms with Crippen LogP contribution in [0.4, 0.5) is 8.78 Å². The number of nitriles is 1. The largest absolute Gasteiger partial charge is 0.349 e. The molecule has 124 valence electrons. The molecule has 0 radical (unpaired) electrons. The minimum Gasteiger partial charge on any atom is -0.349 e. The fourth-order valence-electron chi connectivity index (χ4n) is 2.53. The zero-order valence-corrected chi connectivity index (χ0v) is 13.0. The van der Waals surface area contributed by atoms with Crippen molar-refractivity contribution in [1.82, 2.24) is 5.32 Å². The molecule has 0 unspecified atom stereocenters. The van der Waals surface area contributed by atoms with Crippen molar-refractivity contribution in [3.8, 4) is 6.07 Å². The summed E-state index contributed by atoms with van der Waals surface area (Å²) in [6, 6.07) is 6.61. The lowest BCUT2D eigenvalue weighted by atomic mass is 9.87. The fraction of sp³-hybridized carbons (Fsp3) is 0.467. The molecule has 1 aliphatic rings. The van der Waals surface area contributed by atoms with Crippen LogP contribution in [0.2, 0.25) is 0 Å². The molecule has 5 nitrogen and oxygen atoms in total. The SMILES string of the molecule is N#CC1CCC(NC(=O)c2ccc(S(=O)(=O)C(F)F)cc2)CC1. The van der Waals surface area contributed by atoms with Gasteiger partial charge in [-0.05, 0) is 49.9 Å². The second kappa shape index (κ2) is 7.04. The molecule has 1 aromatic rings. The lowest BCUT2D eigenvalue weighted by Crippen LogP contribution is -2.37. The first kappa shape index (κ1) is 17.3. The van der Waals surface area contributed by atoms with Gasteiger partial charge in [0.15, 0.2) is 0 Å². The number of benzene rings is 1. The molecule has 1 aliphatic carbocycles. The maximum Gasteiger partial charge on any atom is 0.341 e. The number of nitrogens with one attached hydrogen (secondary N) is 1. The molecule has 1 aromatic carbocycles. The molecule has 8 heteroatoms. The highest BCUT2D eigenvalue weighted by molar-refractivity contribution is 7.91. The van der Waals surface area contributed by atoms with Crippen LogP contribution in [0.5, 0.6) is 0 Å². The number of carbonyl (C=O) groups is 1. The van der Waals surface area contributed by atoms with Crippen molar-refractivity contribution in [2.75, 3.05) is 0 Å². The summed E-state index contributed by atoms with van der Waals surface area (Å²) in [6.07, 6.45) is 2.88. The Morgan fingerprint density at radius 1 is 1.17 bits per heavy atom. The van der Waals surface area contributed by atoms with Gasteiger partial charge in [0, 0.05) is 17.5 Å². The van der Waals surface area contributed by atoms with E-state index in [4.69, 9.17) is 5.26 Å². The Morgan fingerprint density at radius 2 is 1.74 bits per heavy atom. The van der Waals surface area contributed by atoms with Crippen LogP contribution in [-0.4, -0.2) is 26.1 Å². The van der Waals surface area contributed by atoms with E-state index in [-0.39, 0.29) is 23.4 Å². The number of amides is 1. The molecule has 2 rings (SSSR count). The van der Waals surface area contributed by atoms with E-state index in [1.165, 1.54) is 12.1 Å². The zero-order valence-electron chi connectivity index (χ0n) is 12.2. The van der Waals surface area contributed by atoms with E-state index in [1.807, 2.05) is 0 Å². The highest BCUT2D eigenvalue weighted by Gasteiger charge is 2.27. The highest BCUT2D eigenvalue weighted by atomic mass is 32.2. The summed E-state index contributed by atoms with van der Waals surface area (Å²) in [6.45, 7) is 0. The molecule has 0 aromatic heterocycles. The predicted molar refractivity (Wildman–Crippen MR) is 78.5 cm³/mol.